The number of nitrogens with one attached hydrogen (secondary N) is 1. The van der Waals surface area contributed by atoms with Gasteiger partial charge in [0.05, 0.1) is 11.3 Å². The second-order valence-corrected chi connectivity index (χ2v) is 3.05. The summed E-state index contributed by atoms with van der Waals surface area (Å²) in [6, 6.07) is 0. The molecule has 16 heavy (non-hydrogen) atoms. The second-order valence-electron chi connectivity index (χ2n) is 3.05. The number of aromatic amines is 1. The highest BCUT2D eigenvalue weighted by atomic mass is 16.4. The predicted molar refractivity (Wildman–Crippen MR) is 53.7 cm³/mol. The lowest BCUT2D eigenvalue weighted by Crippen LogP contribution is -2.07. The molecule has 0 fully saturated rings. The van der Waals surface area contributed by atoms with Crippen molar-refractivity contribution in [3.8, 4) is 11.6 Å². The van der Waals surface area contributed by atoms with Crippen LogP contribution in [-0.2, 0) is 6.42 Å². The molecule has 0 aliphatic heterocycles. The molecule has 7 heteroatoms. The Morgan fingerprint density at radius 1 is 1.50 bits per heavy atom. The fourth-order valence-electron chi connectivity index (χ4n) is 1.29. The molecule has 0 amide bonds. The first-order valence-corrected chi connectivity index (χ1v) is 4.67. The lowest BCUT2D eigenvalue weighted by atomic mass is 10.2. The van der Waals surface area contributed by atoms with Gasteiger partial charge in [-0.15, -0.1) is 0 Å². The summed E-state index contributed by atoms with van der Waals surface area (Å²) in [6.07, 6.45) is 3.15. The third-order valence-corrected chi connectivity index (χ3v) is 2.06. The van der Waals surface area contributed by atoms with Gasteiger partial charge in [-0.3, -0.25) is 5.10 Å². The van der Waals surface area contributed by atoms with E-state index in [1.165, 1.54) is 12.5 Å². The van der Waals surface area contributed by atoms with Gasteiger partial charge in [0.2, 0.25) is 0 Å². The van der Waals surface area contributed by atoms with E-state index in [9.17, 15) is 4.79 Å². The molecule has 2 aromatic rings. The van der Waals surface area contributed by atoms with Crippen molar-refractivity contribution < 1.29 is 9.90 Å². The molecule has 0 aliphatic carbocycles. The molecule has 0 aromatic carbocycles. The minimum absolute atomic E-state index is 0.116. The van der Waals surface area contributed by atoms with Gasteiger partial charge in [0.15, 0.2) is 11.6 Å². The predicted octanol–water partition coefficient (Wildman–Crippen LogP) is 0.522. The number of carbonyl (C=O) groups is 1. The van der Waals surface area contributed by atoms with Gasteiger partial charge >= 0.3 is 5.97 Å². The Morgan fingerprint density at radius 2 is 2.31 bits per heavy atom. The van der Waals surface area contributed by atoms with Crippen LogP contribution in [0.15, 0.2) is 12.5 Å². The van der Waals surface area contributed by atoms with E-state index < -0.39 is 5.97 Å². The first-order valence-electron chi connectivity index (χ1n) is 4.67. The van der Waals surface area contributed by atoms with E-state index in [0.717, 1.165) is 0 Å². The Balaban J connectivity index is 2.49. The van der Waals surface area contributed by atoms with Crippen molar-refractivity contribution in [3.05, 3.63) is 23.8 Å². The van der Waals surface area contributed by atoms with Crippen LogP contribution in [0.4, 0.5) is 0 Å². The molecular weight excluding hydrogens is 210 g/mol. The summed E-state index contributed by atoms with van der Waals surface area (Å²) in [7, 11) is 0. The van der Waals surface area contributed by atoms with Crippen LogP contribution >= 0.6 is 0 Å². The number of aromatic nitrogens is 5. The van der Waals surface area contributed by atoms with E-state index in [-0.39, 0.29) is 5.56 Å². The monoisotopic (exact) mass is 219 g/mol. The summed E-state index contributed by atoms with van der Waals surface area (Å²) < 4.78 is 0. The average molecular weight is 219 g/mol. The smallest absolute Gasteiger partial charge is 0.339 e. The molecule has 0 aliphatic rings. The number of aryl methyl sites for hydroxylation is 1. The fraction of sp³-hybridized carbons (Fsp3) is 0.222. The van der Waals surface area contributed by atoms with E-state index in [4.69, 9.17) is 5.11 Å². The highest BCUT2D eigenvalue weighted by Gasteiger charge is 2.13. The molecule has 2 aromatic heterocycles. The largest absolute Gasteiger partial charge is 0.478 e. The molecule has 0 saturated heterocycles. The van der Waals surface area contributed by atoms with E-state index in [0.29, 0.717) is 23.8 Å². The zero-order valence-electron chi connectivity index (χ0n) is 8.51. The summed E-state index contributed by atoms with van der Waals surface area (Å²) in [5.41, 5.74) is 0.597. The first kappa shape index (κ1) is 10.2. The highest BCUT2D eigenvalue weighted by molar-refractivity contribution is 5.88. The maximum absolute atomic E-state index is 10.9. The van der Waals surface area contributed by atoms with Crippen LogP contribution in [0.3, 0.4) is 0 Å². The summed E-state index contributed by atoms with van der Waals surface area (Å²) in [5.74, 6) is -0.257. The van der Waals surface area contributed by atoms with Crippen molar-refractivity contribution in [2.45, 2.75) is 13.3 Å². The molecule has 82 valence electrons. The van der Waals surface area contributed by atoms with Crippen molar-refractivity contribution in [2.75, 3.05) is 0 Å². The summed E-state index contributed by atoms with van der Waals surface area (Å²) in [4.78, 5) is 22.8. The topological polar surface area (TPSA) is 105 Å². The van der Waals surface area contributed by atoms with Crippen molar-refractivity contribution in [2.24, 2.45) is 0 Å². The Morgan fingerprint density at radius 3 is 2.88 bits per heavy atom. The van der Waals surface area contributed by atoms with Gasteiger partial charge in [-0.1, -0.05) is 6.92 Å². The fourth-order valence-corrected chi connectivity index (χ4v) is 1.29. The number of carboxylic acid groups (broad SMARTS) is 1. The lowest BCUT2D eigenvalue weighted by Gasteiger charge is -2.03. The number of H-pyrrole nitrogens is 1. The third-order valence-electron chi connectivity index (χ3n) is 2.06. The van der Waals surface area contributed by atoms with E-state index >= 15 is 0 Å². The molecule has 0 spiro atoms. The van der Waals surface area contributed by atoms with Gasteiger partial charge < -0.3 is 5.11 Å². The van der Waals surface area contributed by atoms with Gasteiger partial charge in [-0.05, 0) is 6.42 Å². The van der Waals surface area contributed by atoms with Crippen LogP contribution in [0.5, 0.6) is 0 Å². The number of hydrogen-bond donors (Lipinski definition) is 2. The molecule has 0 unspecified atom stereocenters. The van der Waals surface area contributed by atoms with Crippen molar-refractivity contribution in [1.82, 2.24) is 25.1 Å². The Labute approximate surface area is 90.6 Å². The molecular formula is C9H9N5O2. The van der Waals surface area contributed by atoms with Gasteiger partial charge in [-0.25, -0.2) is 19.7 Å². The summed E-state index contributed by atoms with van der Waals surface area (Å²) in [5, 5.41) is 15.2. The first-order chi connectivity index (χ1) is 7.72. The number of aromatic carboxylic acids is 1. The van der Waals surface area contributed by atoms with E-state index in [1.54, 1.807) is 0 Å². The standard InChI is InChI=1S/C9H9N5O2/c1-2-6-5(9(15)16)3-10-7(13-6)8-11-4-12-14-8/h3-4H,2H2,1H3,(H,15,16)(H,11,12,14). The van der Waals surface area contributed by atoms with Gasteiger partial charge in [0.25, 0.3) is 0 Å². The number of rotatable bonds is 3. The van der Waals surface area contributed by atoms with Gasteiger partial charge in [0, 0.05) is 6.20 Å². The molecule has 7 nitrogen and oxygen atoms in total. The number of nitrogens with zero attached hydrogens (tertiary/aromatic N) is 4. The van der Waals surface area contributed by atoms with E-state index in [2.05, 4.69) is 25.1 Å². The molecule has 2 heterocycles. The Hall–Kier alpha value is -2.31. The van der Waals surface area contributed by atoms with Crippen molar-refractivity contribution in [1.29, 1.82) is 0 Å². The second kappa shape index (κ2) is 4.05. The van der Waals surface area contributed by atoms with Crippen LogP contribution in [-0.4, -0.2) is 36.2 Å². The Bertz CT molecular complexity index is 509. The molecule has 0 bridgehead atoms. The average Bonchev–Trinajstić information content (AvgIpc) is 2.81. The molecule has 2 rings (SSSR count). The summed E-state index contributed by atoms with van der Waals surface area (Å²) in [6.45, 7) is 1.83. The molecule has 2 N–H and O–H groups in total. The lowest BCUT2D eigenvalue weighted by molar-refractivity contribution is 0.0694. The number of carboxylic acids is 1. The van der Waals surface area contributed by atoms with Crippen LogP contribution in [0, 0.1) is 0 Å². The summed E-state index contributed by atoms with van der Waals surface area (Å²) >= 11 is 0. The Kier molecular flexibility index (Phi) is 2.59. The van der Waals surface area contributed by atoms with E-state index in [1.807, 2.05) is 6.92 Å². The quantitative estimate of drug-likeness (QED) is 0.779. The van der Waals surface area contributed by atoms with Gasteiger partial charge in [-0.2, -0.15) is 5.10 Å². The molecule has 0 atom stereocenters. The normalized spacial score (nSPS) is 10.3. The molecule has 0 saturated carbocycles. The van der Waals surface area contributed by atoms with Crippen LogP contribution < -0.4 is 0 Å². The molecule has 0 radical (unpaired) electrons. The maximum atomic E-state index is 10.9. The minimum atomic E-state index is -1.03. The zero-order chi connectivity index (χ0) is 11.5. The van der Waals surface area contributed by atoms with Crippen molar-refractivity contribution in [3.63, 3.8) is 0 Å². The number of hydrogen-bond acceptors (Lipinski definition) is 5. The van der Waals surface area contributed by atoms with Gasteiger partial charge in [0.1, 0.15) is 6.33 Å². The van der Waals surface area contributed by atoms with Crippen molar-refractivity contribution >= 4 is 5.97 Å². The maximum Gasteiger partial charge on any atom is 0.339 e. The zero-order valence-corrected chi connectivity index (χ0v) is 8.51. The minimum Gasteiger partial charge on any atom is -0.478 e. The van der Waals surface area contributed by atoms with Crippen LogP contribution in [0.25, 0.3) is 11.6 Å². The third kappa shape index (κ3) is 1.74. The van der Waals surface area contributed by atoms with Crippen LogP contribution in [0.2, 0.25) is 0 Å². The van der Waals surface area contributed by atoms with Crippen LogP contribution in [0.1, 0.15) is 23.0 Å². The highest BCUT2D eigenvalue weighted by Crippen LogP contribution is 2.12. The SMILES string of the molecule is CCc1nc(-c2ncn[nH]2)ncc1C(=O)O.